The molecule has 0 amide bonds. The summed E-state index contributed by atoms with van der Waals surface area (Å²) < 4.78 is 12.9. The summed E-state index contributed by atoms with van der Waals surface area (Å²) in [5, 5.41) is 3.53. The van der Waals surface area contributed by atoms with Crippen LogP contribution < -0.4 is 5.32 Å². The second-order valence-electron chi connectivity index (χ2n) is 5.07. The minimum atomic E-state index is -0.192. The molecule has 19 heavy (non-hydrogen) atoms. The summed E-state index contributed by atoms with van der Waals surface area (Å²) in [6.45, 7) is 6.33. The molecule has 0 saturated carbocycles. The first kappa shape index (κ1) is 13.8. The van der Waals surface area contributed by atoms with Gasteiger partial charge < -0.3 is 5.32 Å². The fourth-order valence-corrected chi connectivity index (χ4v) is 2.17. The molecule has 1 nitrogen and oxygen atoms in total. The lowest BCUT2D eigenvalue weighted by Gasteiger charge is -2.21. The van der Waals surface area contributed by atoms with Crippen LogP contribution in [0, 0.1) is 12.7 Å². The first-order valence-corrected chi connectivity index (χ1v) is 6.64. The predicted octanol–water partition coefficient (Wildman–Crippen LogP) is 4.55. The average Bonchev–Trinajstić information content (AvgIpc) is 2.40. The average molecular weight is 257 g/mol. The smallest absolute Gasteiger partial charge is 0.123 e. The maximum absolute atomic E-state index is 12.9. The first-order chi connectivity index (χ1) is 9.06. The van der Waals surface area contributed by atoms with E-state index in [1.54, 1.807) is 0 Å². The van der Waals surface area contributed by atoms with E-state index in [1.165, 1.54) is 23.3 Å². The Bertz CT molecular complexity index is 466. The van der Waals surface area contributed by atoms with Crippen LogP contribution in [0.4, 0.5) is 4.39 Å². The van der Waals surface area contributed by atoms with Crippen molar-refractivity contribution in [2.75, 3.05) is 0 Å². The summed E-state index contributed by atoms with van der Waals surface area (Å²) in [5.74, 6) is -0.192. The van der Waals surface area contributed by atoms with E-state index < -0.39 is 0 Å². The van der Waals surface area contributed by atoms with E-state index in [9.17, 15) is 4.39 Å². The third kappa shape index (κ3) is 3.65. The van der Waals surface area contributed by atoms with E-state index >= 15 is 0 Å². The summed E-state index contributed by atoms with van der Waals surface area (Å²) in [7, 11) is 0. The fraction of sp³-hybridized carbons (Fsp3) is 0.294. The van der Waals surface area contributed by atoms with Gasteiger partial charge in [0.2, 0.25) is 0 Å². The highest BCUT2D eigenvalue weighted by atomic mass is 19.1. The molecule has 0 saturated heterocycles. The maximum atomic E-state index is 12.9. The SMILES string of the molecule is Cc1ccc([C@H](C)NC(C)c2ccc(F)cc2)cc1. The Kier molecular flexibility index (Phi) is 4.33. The summed E-state index contributed by atoms with van der Waals surface area (Å²) in [4.78, 5) is 0. The number of nitrogens with one attached hydrogen (secondary N) is 1. The van der Waals surface area contributed by atoms with Crippen LogP contribution in [0.25, 0.3) is 0 Å². The van der Waals surface area contributed by atoms with Gasteiger partial charge in [-0.1, -0.05) is 42.0 Å². The van der Waals surface area contributed by atoms with Crippen molar-refractivity contribution in [3.8, 4) is 0 Å². The Morgan fingerprint density at radius 3 is 1.68 bits per heavy atom. The van der Waals surface area contributed by atoms with Crippen molar-refractivity contribution in [2.24, 2.45) is 0 Å². The van der Waals surface area contributed by atoms with Crippen molar-refractivity contribution in [2.45, 2.75) is 32.9 Å². The largest absolute Gasteiger partial charge is 0.304 e. The number of hydrogen-bond acceptors (Lipinski definition) is 1. The third-order valence-electron chi connectivity index (χ3n) is 3.45. The number of hydrogen-bond donors (Lipinski definition) is 1. The summed E-state index contributed by atoms with van der Waals surface area (Å²) in [6, 6.07) is 15.6. The molecule has 0 heterocycles. The molecule has 2 rings (SSSR count). The Hall–Kier alpha value is -1.67. The highest BCUT2D eigenvalue weighted by Gasteiger charge is 2.10. The van der Waals surface area contributed by atoms with Crippen LogP contribution in [0.3, 0.4) is 0 Å². The molecule has 2 heteroatoms. The minimum absolute atomic E-state index is 0.192. The molecular weight excluding hydrogens is 237 g/mol. The number of aryl methyl sites for hydroxylation is 1. The van der Waals surface area contributed by atoms with Gasteiger partial charge in [-0.25, -0.2) is 4.39 Å². The Morgan fingerprint density at radius 2 is 1.21 bits per heavy atom. The van der Waals surface area contributed by atoms with Crippen LogP contribution in [0.5, 0.6) is 0 Å². The lowest BCUT2D eigenvalue weighted by atomic mass is 10.0. The number of rotatable bonds is 4. The molecule has 100 valence electrons. The Balaban J connectivity index is 2.03. The van der Waals surface area contributed by atoms with Crippen molar-refractivity contribution in [1.29, 1.82) is 0 Å². The van der Waals surface area contributed by atoms with Crippen molar-refractivity contribution < 1.29 is 4.39 Å². The van der Waals surface area contributed by atoms with Crippen LogP contribution in [0.2, 0.25) is 0 Å². The fourth-order valence-electron chi connectivity index (χ4n) is 2.17. The van der Waals surface area contributed by atoms with Gasteiger partial charge in [0, 0.05) is 12.1 Å². The van der Waals surface area contributed by atoms with Gasteiger partial charge in [-0.15, -0.1) is 0 Å². The van der Waals surface area contributed by atoms with Crippen LogP contribution >= 0.6 is 0 Å². The van der Waals surface area contributed by atoms with E-state index in [2.05, 4.69) is 50.4 Å². The van der Waals surface area contributed by atoms with Crippen LogP contribution in [-0.2, 0) is 0 Å². The summed E-state index contributed by atoms with van der Waals surface area (Å²) in [5.41, 5.74) is 3.63. The lowest BCUT2D eigenvalue weighted by Crippen LogP contribution is -2.22. The van der Waals surface area contributed by atoms with Crippen molar-refractivity contribution in [1.82, 2.24) is 5.32 Å². The molecule has 0 aliphatic carbocycles. The number of halogens is 1. The van der Waals surface area contributed by atoms with Crippen LogP contribution in [0.1, 0.15) is 42.6 Å². The van der Waals surface area contributed by atoms with E-state index in [-0.39, 0.29) is 17.9 Å². The molecule has 0 aromatic heterocycles. The first-order valence-electron chi connectivity index (χ1n) is 6.64. The molecule has 0 spiro atoms. The van der Waals surface area contributed by atoms with Crippen molar-refractivity contribution in [3.05, 3.63) is 71.0 Å². The molecule has 1 unspecified atom stereocenters. The molecule has 0 radical (unpaired) electrons. The number of benzene rings is 2. The van der Waals surface area contributed by atoms with Gasteiger partial charge in [0.1, 0.15) is 5.82 Å². The monoisotopic (exact) mass is 257 g/mol. The summed E-state index contributed by atoms with van der Waals surface area (Å²) in [6.07, 6.45) is 0. The zero-order valence-corrected chi connectivity index (χ0v) is 11.7. The Labute approximate surface area is 114 Å². The second-order valence-corrected chi connectivity index (χ2v) is 5.07. The molecule has 2 atom stereocenters. The zero-order valence-electron chi connectivity index (χ0n) is 11.7. The lowest BCUT2D eigenvalue weighted by molar-refractivity contribution is 0.494. The quantitative estimate of drug-likeness (QED) is 0.847. The van der Waals surface area contributed by atoms with Gasteiger partial charge >= 0.3 is 0 Å². The van der Waals surface area contributed by atoms with E-state index in [0.29, 0.717) is 0 Å². The molecule has 1 N–H and O–H groups in total. The maximum Gasteiger partial charge on any atom is 0.123 e. The minimum Gasteiger partial charge on any atom is -0.304 e. The molecular formula is C17H20FN. The molecule has 2 aromatic carbocycles. The molecule has 0 fully saturated rings. The normalized spacial score (nSPS) is 14.1. The highest BCUT2D eigenvalue weighted by Crippen LogP contribution is 2.19. The predicted molar refractivity (Wildman–Crippen MR) is 77.5 cm³/mol. The van der Waals surface area contributed by atoms with Gasteiger partial charge in [0.15, 0.2) is 0 Å². The van der Waals surface area contributed by atoms with Crippen LogP contribution in [0.15, 0.2) is 48.5 Å². The summed E-state index contributed by atoms with van der Waals surface area (Å²) >= 11 is 0. The topological polar surface area (TPSA) is 12.0 Å². The van der Waals surface area contributed by atoms with Gasteiger partial charge in [0.05, 0.1) is 0 Å². The molecule has 0 aliphatic heterocycles. The Morgan fingerprint density at radius 1 is 0.789 bits per heavy atom. The molecule has 0 aliphatic rings. The van der Waals surface area contributed by atoms with Gasteiger partial charge in [0.25, 0.3) is 0 Å². The van der Waals surface area contributed by atoms with Crippen molar-refractivity contribution >= 4 is 0 Å². The van der Waals surface area contributed by atoms with Crippen LogP contribution in [-0.4, -0.2) is 0 Å². The second kappa shape index (κ2) is 5.98. The van der Waals surface area contributed by atoms with Gasteiger partial charge in [-0.05, 0) is 44.0 Å². The van der Waals surface area contributed by atoms with E-state index in [0.717, 1.165) is 5.56 Å². The molecule has 0 bridgehead atoms. The van der Waals surface area contributed by atoms with Crippen molar-refractivity contribution in [3.63, 3.8) is 0 Å². The standard InChI is InChI=1S/C17H20FN/c1-12-4-6-15(7-5-12)13(2)19-14(3)16-8-10-17(18)11-9-16/h4-11,13-14,19H,1-3H3/t13-,14?/m0/s1. The molecule has 2 aromatic rings. The zero-order chi connectivity index (χ0) is 13.8. The van der Waals surface area contributed by atoms with E-state index in [1.807, 2.05) is 12.1 Å². The van der Waals surface area contributed by atoms with Gasteiger partial charge in [-0.3, -0.25) is 0 Å². The van der Waals surface area contributed by atoms with Gasteiger partial charge in [-0.2, -0.15) is 0 Å². The third-order valence-corrected chi connectivity index (χ3v) is 3.45. The highest BCUT2D eigenvalue weighted by molar-refractivity contribution is 5.25. The van der Waals surface area contributed by atoms with E-state index in [4.69, 9.17) is 0 Å².